The molecule has 0 atom stereocenters. The number of rotatable bonds is 8. The summed E-state index contributed by atoms with van der Waals surface area (Å²) in [4.78, 5) is 25.3. The van der Waals surface area contributed by atoms with Crippen LogP contribution >= 0.6 is 0 Å². The van der Waals surface area contributed by atoms with Crippen LogP contribution in [0.1, 0.15) is 26.3 Å². The summed E-state index contributed by atoms with van der Waals surface area (Å²) >= 11 is 0. The van der Waals surface area contributed by atoms with Crippen molar-refractivity contribution in [2.75, 3.05) is 21.3 Å². The fraction of sp³-hybridized carbons (Fsp3) is 0.120. The molecule has 0 aromatic heterocycles. The molecule has 0 radical (unpaired) electrons. The normalized spacial score (nSPS) is 10.5. The average molecular weight is 418 g/mol. The number of methoxy groups -OCH3 is 3. The molecule has 0 saturated heterocycles. The Bertz CT molecular complexity index is 1080. The fourth-order valence-corrected chi connectivity index (χ4v) is 2.88. The van der Waals surface area contributed by atoms with Crippen molar-refractivity contribution in [2.45, 2.75) is 0 Å². The molecule has 0 fully saturated rings. The van der Waals surface area contributed by atoms with Gasteiger partial charge in [-0.15, -0.1) is 0 Å². The van der Waals surface area contributed by atoms with Gasteiger partial charge in [0.2, 0.25) is 0 Å². The number of esters is 1. The van der Waals surface area contributed by atoms with Crippen molar-refractivity contribution >= 4 is 17.8 Å². The molecule has 0 aliphatic carbocycles. The Morgan fingerprint density at radius 1 is 0.742 bits per heavy atom. The van der Waals surface area contributed by atoms with Gasteiger partial charge in [0, 0.05) is 17.2 Å². The minimum atomic E-state index is -0.620. The van der Waals surface area contributed by atoms with E-state index in [1.165, 1.54) is 27.4 Å². The van der Waals surface area contributed by atoms with Crippen LogP contribution in [0.2, 0.25) is 0 Å². The summed E-state index contributed by atoms with van der Waals surface area (Å²) in [6.45, 7) is 0. The summed E-state index contributed by atoms with van der Waals surface area (Å²) in [6.07, 6.45) is 3.02. The maximum atomic E-state index is 12.9. The van der Waals surface area contributed by atoms with Gasteiger partial charge in [0.15, 0.2) is 17.3 Å². The van der Waals surface area contributed by atoms with Crippen molar-refractivity contribution < 1.29 is 28.5 Å². The second kappa shape index (κ2) is 10.1. The first-order valence-corrected chi connectivity index (χ1v) is 9.45. The average Bonchev–Trinajstić information content (AvgIpc) is 2.83. The summed E-state index contributed by atoms with van der Waals surface area (Å²) < 4.78 is 21.4. The minimum Gasteiger partial charge on any atom is -0.497 e. The summed E-state index contributed by atoms with van der Waals surface area (Å²) in [7, 11) is 4.47. The summed E-state index contributed by atoms with van der Waals surface area (Å²) in [5.41, 5.74) is 1.33. The number of carbonyl (C=O) groups is 2. The Hall–Kier alpha value is -4.06. The maximum absolute atomic E-state index is 12.9. The van der Waals surface area contributed by atoms with E-state index >= 15 is 0 Å². The van der Waals surface area contributed by atoms with E-state index in [2.05, 4.69) is 0 Å². The van der Waals surface area contributed by atoms with Gasteiger partial charge < -0.3 is 18.9 Å². The van der Waals surface area contributed by atoms with Crippen LogP contribution in [-0.2, 0) is 0 Å². The number of hydrogen-bond acceptors (Lipinski definition) is 6. The first-order valence-electron chi connectivity index (χ1n) is 9.45. The van der Waals surface area contributed by atoms with Gasteiger partial charge in [-0.1, -0.05) is 42.5 Å². The van der Waals surface area contributed by atoms with Gasteiger partial charge >= 0.3 is 5.97 Å². The molecule has 0 aliphatic heterocycles. The molecule has 0 spiro atoms. The van der Waals surface area contributed by atoms with Crippen LogP contribution in [0.25, 0.3) is 6.08 Å². The highest BCUT2D eigenvalue weighted by atomic mass is 16.6. The van der Waals surface area contributed by atoms with Crippen LogP contribution in [0, 0.1) is 0 Å². The molecule has 0 aliphatic rings. The second-order valence-electron chi connectivity index (χ2n) is 6.43. The lowest BCUT2D eigenvalue weighted by molar-refractivity contribution is 0.0728. The molecule has 31 heavy (non-hydrogen) atoms. The van der Waals surface area contributed by atoms with Gasteiger partial charge in [0.1, 0.15) is 11.5 Å². The summed E-state index contributed by atoms with van der Waals surface area (Å²) in [5, 5.41) is 0. The summed E-state index contributed by atoms with van der Waals surface area (Å²) in [5.74, 6) is 0.690. The van der Waals surface area contributed by atoms with Crippen molar-refractivity contribution in [1.82, 2.24) is 0 Å². The van der Waals surface area contributed by atoms with Crippen molar-refractivity contribution in [3.63, 3.8) is 0 Å². The number of allylic oxidation sites excluding steroid dienone is 1. The molecule has 6 heteroatoms. The minimum absolute atomic E-state index is 0.168. The highest BCUT2D eigenvalue weighted by Gasteiger charge is 2.17. The highest BCUT2D eigenvalue weighted by molar-refractivity contribution is 6.07. The van der Waals surface area contributed by atoms with Crippen molar-refractivity contribution in [3.8, 4) is 23.0 Å². The summed E-state index contributed by atoms with van der Waals surface area (Å²) in [6, 6.07) is 18.8. The van der Waals surface area contributed by atoms with Crippen molar-refractivity contribution in [3.05, 3.63) is 89.5 Å². The molecule has 0 amide bonds. The molecule has 6 nitrogen and oxygen atoms in total. The van der Waals surface area contributed by atoms with Gasteiger partial charge in [0.25, 0.3) is 0 Å². The Balaban J connectivity index is 1.91. The molecule has 3 aromatic carbocycles. The highest BCUT2D eigenvalue weighted by Crippen LogP contribution is 2.33. The Morgan fingerprint density at radius 3 is 2.03 bits per heavy atom. The van der Waals surface area contributed by atoms with E-state index in [4.69, 9.17) is 18.9 Å². The van der Waals surface area contributed by atoms with E-state index in [0.29, 0.717) is 28.4 Å². The molecule has 3 aromatic rings. The lowest BCUT2D eigenvalue weighted by atomic mass is 10.1. The molecule has 0 bridgehead atoms. The standard InChI is InChI=1S/C25H22O6/c1-28-20-14-19(15-21(16-20)29-2)25(27)31-24-18(10-7-11-23(24)30-3)12-13-22(26)17-8-5-4-6-9-17/h4-16H,1-3H3. The third-order valence-corrected chi connectivity index (χ3v) is 4.48. The van der Waals surface area contributed by atoms with E-state index in [-0.39, 0.29) is 17.1 Å². The third kappa shape index (κ3) is 5.30. The van der Waals surface area contributed by atoms with Crippen LogP contribution in [0.3, 0.4) is 0 Å². The van der Waals surface area contributed by atoms with Crippen LogP contribution in [0.4, 0.5) is 0 Å². The van der Waals surface area contributed by atoms with E-state index in [1.807, 2.05) is 6.07 Å². The lowest BCUT2D eigenvalue weighted by Crippen LogP contribution is -2.11. The van der Waals surface area contributed by atoms with E-state index in [0.717, 1.165) is 0 Å². The molecule has 0 heterocycles. The maximum Gasteiger partial charge on any atom is 0.343 e. The smallest absolute Gasteiger partial charge is 0.343 e. The van der Waals surface area contributed by atoms with Gasteiger partial charge in [-0.05, 0) is 30.4 Å². The van der Waals surface area contributed by atoms with E-state index in [1.54, 1.807) is 66.7 Å². The monoisotopic (exact) mass is 418 g/mol. The van der Waals surface area contributed by atoms with E-state index in [9.17, 15) is 9.59 Å². The largest absolute Gasteiger partial charge is 0.497 e. The topological polar surface area (TPSA) is 71.1 Å². The third-order valence-electron chi connectivity index (χ3n) is 4.48. The number of ketones is 1. The Morgan fingerprint density at radius 2 is 1.42 bits per heavy atom. The van der Waals surface area contributed by atoms with E-state index < -0.39 is 5.97 Å². The first kappa shape index (κ1) is 21.6. The molecular weight excluding hydrogens is 396 g/mol. The van der Waals surface area contributed by atoms with Gasteiger partial charge in [-0.25, -0.2) is 4.79 Å². The predicted octanol–water partition coefficient (Wildman–Crippen LogP) is 4.83. The fourth-order valence-electron chi connectivity index (χ4n) is 2.88. The number of carbonyl (C=O) groups excluding carboxylic acids is 2. The van der Waals surface area contributed by atoms with Crippen LogP contribution < -0.4 is 18.9 Å². The molecule has 3 rings (SSSR count). The zero-order valence-corrected chi connectivity index (χ0v) is 17.5. The second-order valence-corrected chi connectivity index (χ2v) is 6.43. The molecule has 0 unspecified atom stereocenters. The van der Waals surface area contributed by atoms with Crippen LogP contribution in [0.5, 0.6) is 23.0 Å². The molecule has 0 saturated carbocycles. The number of para-hydroxylation sites is 1. The van der Waals surface area contributed by atoms with Crippen LogP contribution in [-0.4, -0.2) is 33.1 Å². The van der Waals surface area contributed by atoms with Crippen molar-refractivity contribution in [2.24, 2.45) is 0 Å². The van der Waals surface area contributed by atoms with Gasteiger partial charge in [-0.2, -0.15) is 0 Å². The Kier molecular flexibility index (Phi) is 7.06. The predicted molar refractivity (Wildman–Crippen MR) is 117 cm³/mol. The van der Waals surface area contributed by atoms with Crippen LogP contribution in [0.15, 0.2) is 72.8 Å². The zero-order valence-electron chi connectivity index (χ0n) is 17.5. The Labute approximate surface area is 180 Å². The zero-order chi connectivity index (χ0) is 22.2. The lowest BCUT2D eigenvalue weighted by Gasteiger charge is -2.13. The SMILES string of the molecule is COc1cc(OC)cc(C(=O)Oc2c(C=CC(=O)c3ccccc3)cccc2OC)c1. The quantitative estimate of drug-likeness (QED) is 0.226. The number of ether oxygens (including phenoxy) is 4. The van der Waals surface area contributed by atoms with Gasteiger partial charge in [-0.3, -0.25) is 4.79 Å². The van der Waals surface area contributed by atoms with Gasteiger partial charge in [0.05, 0.1) is 26.9 Å². The molecule has 158 valence electrons. The van der Waals surface area contributed by atoms with Crippen molar-refractivity contribution in [1.29, 1.82) is 0 Å². The molecule has 0 N–H and O–H groups in total. The molecular formula is C25H22O6. The number of benzene rings is 3. The number of hydrogen-bond donors (Lipinski definition) is 0. The first-order chi connectivity index (χ1) is 15.0.